The summed E-state index contributed by atoms with van der Waals surface area (Å²) in [5.41, 5.74) is -0.794. The van der Waals surface area contributed by atoms with Crippen LogP contribution < -0.4 is 0 Å². The van der Waals surface area contributed by atoms with Crippen molar-refractivity contribution < 1.29 is 14.3 Å². The first-order chi connectivity index (χ1) is 7.57. The Morgan fingerprint density at radius 2 is 2.44 bits per heavy atom. The molecule has 1 aliphatic rings. The van der Waals surface area contributed by atoms with Gasteiger partial charge in [0.2, 0.25) is 0 Å². The van der Waals surface area contributed by atoms with Gasteiger partial charge in [0.1, 0.15) is 5.60 Å². The minimum Gasteiger partial charge on any atom is -0.369 e. The minimum atomic E-state index is -0.794. The second-order valence-electron chi connectivity index (χ2n) is 4.03. The standard InChI is InChI=1S/C11H18N2O3/c1-4-11(2,15-3)10(14)13-5-6-16-9(7-12)8-13/h9H,4-6,8H2,1-3H3. The van der Waals surface area contributed by atoms with Crippen molar-refractivity contribution in [2.24, 2.45) is 0 Å². The van der Waals surface area contributed by atoms with Crippen LogP contribution >= 0.6 is 0 Å². The number of carbonyl (C=O) groups is 1. The quantitative estimate of drug-likeness (QED) is 0.705. The molecule has 5 heteroatoms. The third-order valence-corrected chi connectivity index (χ3v) is 3.08. The lowest BCUT2D eigenvalue weighted by Crippen LogP contribution is -2.53. The van der Waals surface area contributed by atoms with Crippen molar-refractivity contribution in [3.05, 3.63) is 0 Å². The van der Waals surface area contributed by atoms with E-state index in [0.717, 1.165) is 0 Å². The van der Waals surface area contributed by atoms with Gasteiger partial charge in [0, 0.05) is 13.7 Å². The number of ether oxygens (including phenoxy) is 2. The van der Waals surface area contributed by atoms with Gasteiger partial charge in [0.25, 0.3) is 5.91 Å². The van der Waals surface area contributed by atoms with Crippen molar-refractivity contribution in [3.63, 3.8) is 0 Å². The highest BCUT2D eigenvalue weighted by Gasteiger charge is 2.37. The van der Waals surface area contributed by atoms with Gasteiger partial charge in [-0.3, -0.25) is 4.79 Å². The van der Waals surface area contributed by atoms with Crippen molar-refractivity contribution in [1.82, 2.24) is 4.90 Å². The molecule has 90 valence electrons. The first-order valence-corrected chi connectivity index (χ1v) is 5.43. The fourth-order valence-corrected chi connectivity index (χ4v) is 1.63. The summed E-state index contributed by atoms with van der Waals surface area (Å²) in [5, 5.41) is 8.76. The van der Waals surface area contributed by atoms with Gasteiger partial charge < -0.3 is 14.4 Å². The first kappa shape index (κ1) is 12.9. The Balaban J connectivity index is 2.70. The van der Waals surface area contributed by atoms with Gasteiger partial charge >= 0.3 is 0 Å². The zero-order valence-corrected chi connectivity index (χ0v) is 10.0. The molecule has 0 aromatic carbocycles. The predicted molar refractivity (Wildman–Crippen MR) is 57.6 cm³/mol. The normalized spacial score (nSPS) is 24.6. The number of methoxy groups -OCH3 is 1. The Morgan fingerprint density at radius 3 is 2.94 bits per heavy atom. The summed E-state index contributed by atoms with van der Waals surface area (Å²) in [4.78, 5) is 13.8. The maximum absolute atomic E-state index is 12.2. The molecule has 1 amide bonds. The highest BCUT2D eigenvalue weighted by atomic mass is 16.5. The molecular weight excluding hydrogens is 208 g/mol. The molecule has 0 N–H and O–H groups in total. The van der Waals surface area contributed by atoms with E-state index in [1.54, 1.807) is 11.8 Å². The number of nitriles is 1. The van der Waals surface area contributed by atoms with Crippen molar-refractivity contribution >= 4 is 5.91 Å². The zero-order chi connectivity index (χ0) is 12.2. The summed E-state index contributed by atoms with van der Waals surface area (Å²) in [5.74, 6) is -0.0685. The van der Waals surface area contributed by atoms with Crippen LogP contribution in [0.15, 0.2) is 0 Å². The molecule has 1 aliphatic heterocycles. The highest BCUT2D eigenvalue weighted by Crippen LogP contribution is 2.19. The van der Waals surface area contributed by atoms with Crippen molar-refractivity contribution in [2.45, 2.75) is 32.0 Å². The van der Waals surface area contributed by atoms with Gasteiger partial charge in [-0.2, -0.15) is 5.26 Å². The predicted octanol–water partition coefficient (Wildman–Crippen LogP) is 0.552. The third-order valence-electron chi connectivity index (χ3n) is 3.08. The SMILES string of the molecule is CCC(C)(OC)C(=O)N1CCOC(C#N)C1. The Morgan fingerprint density at radius 1 is 1.75 bits per heavy atom. The van der Waals surface area contributed by atoms with Gasteiger partial charge in [0.15, 0.2) is 6.10 Å². The molecule has 0 spiro atoms. The molecule has 0 aromatic rings. The van der Waals surface area contributed by atoms with Crippen molar-refractivity contribution in [3.8, 4) is 6.07 Å². The van der Waals surface area contributed by atoms with E-state index in [4.69, 9.17) is 14.7 Å². The molecule has 0 bridgehead atoms. The number of rotatable bonds is 3. The summed E-state index contributed by atoms with van der Waals surface area (Å²) < 4.78 is 10.4. The van der Waals surface area contributed by atoms with Crippen LogP contribution in [-0.4, -0.2) is 49.3 Å². The molecule has 1 saturated heterocycles. The second kappa shape index (κ2) is 5.28. The molecule has 2 unspecified atom stereocenters. The van der Waals surface area contributed by atoms with Crippen molar-refractivity contribution in [2.75, 3.05) is 26.8 Å². The molecule has 1 heterocycles. The molecule has 5 nitrogen and oxygen atoms in total. The van der Waals surface area contributed by atoms with E-state index < -0.39 is 11.7 Å². The van der Waals surface area contributed by atoms with Crippen LogP contribution in [0.3, 0.4) is 0 Å². The second-order valence-corrected chi connectivity index (χ2v) is 4.03. The number of hydrogen-bond donors (Lipinski definition) is 0. The molecule has 0 radical (unpaired) electrons. The van der Waals surface area contributed by atoms with Crippen LogP contribution in [0.4, 0.5) is 0 Å². The summed E-state index contributed by atoms with van der Waals surface area (Å²) >= 11 is 0. The molecule has 0 saturated carbocycles. The van der Waals surface area contributed by atoms with Crippen LogP contribution in [0.5, 0.6) is 0 Å². The van der Waals surface area contributed by atoms with E-state index in [9.17, 15) is 4.79 Å². The number of morpholine rings is 1. The first-order valence-electron chi connectivity index (χ1n) is 5.43. The van der Waals surface area contributed by atoms with Crippen LogP contribution in [0.2, 0.25) is 0 Å². The molecule has 2 atom stereocenters. The Kier molecular flexibility index (Phi) is 4.27. The number of nitrogens with zero attached hydrogens (tertiary/aromatic N) is 2. The topological polar surface area (TPSA) is 62.6 Å². The lowest BCUT2D eigenvalue weighted by Gasteiger charge is -2.36. The van der Waals surface area contributed by atoms with E-state index >= 15 is 0 Å². The monoisotopic (exact) mass is 226 g/mol. The average Bonchev–Trinajstić information content (AvgIpc) is 2.37. The molecule has 0 aliphatic carbocycles. The zero-order valence-electron chi connectivity index (χ0n) is 10.0. The van der Waals surface area contributed by atoms with Crippen LogP contribution in [-0.2, 0) is 14.3 Å². The largest absolute Gasteiger partial charge is 0.369 e. The fourth-order valence-electron chi connectivity index (χ4n) is 1.63. The smallest absolute Gasteiger partial charge is 0.254 e. The molecular formula is C11H18N2O3. The van der Waals surface area contributed by atoms with Crippen molar-refractivity contribution in [1.29, 1.82) is 5.26 Å². The molecule has 1 rings (SSSR count). The van der Waals surface area contributed by atoms with Gasteiger partial charge in [-0.15, -0.1) is 0 Å². The molecule has 1 fully saturated rings. The van der Waals surface area contributed by atoms with E-state index in [1.807, 2.05) is 13.0 Å². The van der Waals surface area contributed by atoms with Gasteiger partial charge in [-0.1, -0.05) is 6.92 Å². The number of carbonyl (C=O) groups excluding carboxylic acids is 1. The summed E-state index contributed by atoms with van der Waals surface area (Å²) in [6.07, 6.45) is 0.0901. The summed E-state index contributed by atoms with van der Waals surface area (Å²) in [6.45, 7) is 4.94. The van der Waals surface area contributed by atoms with Gasteiger partial charge in [0.05, 0.1) is 19.2 Å². The number of hydrogen-bond acceptors (Lipinski definition) is 4. The van der Waals surface area contributed by atoms with Gasteiger partial charge in [-0.25, -0.2) is 0 Å². The third kappa shape index (κ3) is 2.52. The molecule has 0 aromatic heterocycles. The van der Waals surface area contributed by atoms with Crippen LogP contribution in [0.25, 0.3) is 0 Å². The summed E-state index contributed by atoms with van der Waals surface area (Å²) in [6, 6.07) is 2.02. The van der Waals surface area contributed by atoms with Gasteiger partial charge in [-0.05, 0) is 13.3 Å². The lowest BCUT2D eigenvalue weighted by molar-refractivity contribution is -0.158. The molecule has 16 heavy (non-hydrogen) atoms. The Labute approximate surface area is 95.9 Å². The van der Waals surface area contributed by atoms with E-state index in [1.165, 1.54) is 7.11 Å². The average molecular weight is 226 g/mol. The van der Waals surface area contributed by atoms with E-state index in [2.05, 4.69) is 0 Å². The maximum Gasteiger partial charge on any atom is 0.254 e. The van der Waals surface area contributed by atoms with Crippen LogP contribution in [0.1, 0.15) is 20.3 Å². The number of amides is 1. The van der Waals surface area contributed by atoms with E-state index in [-0.39, 0.29) is 5.91 Å². The van der Waals surface area contributed by atoms with Crippen LogP contribution in [0, 0.1) is 11.3 Å². The maximum atomic E-state index is 12.2. The Bertz CT molecular complexity index is 294. The van der Waals surface area contributed by atoms with E-state index in [0.29, 0.717) is 26.1 Å². The minimum absolute atomic E-state index is 0.0685. The fraction of sp³-hybridized carbons (Fsp3) is 0.818. The Hall–Kier alpha value is -1.12. The lowest BCUT2D eigenvalue weighted by atomic mass is 10.0. The highest BCUT2D eigenvalue weighted by molar-refractivity contribution is 5.85. The summed E-state index contributed by atoms with van der Waals surface area (Å²) in [7, 11) is 1.53.